The molecule has 27 heavy (non-hydrogen) atoms. The zero-order chi connectivity index (χ0) is 18.6. The fourth-order valence-electron chi connectivity index (χ4n) is 2.98. The van der Waals surface area contributed by atoms with Crippen LogP contribution in [0, 0.1) is 6.92 Å². The lowest BCUT2D eigenvalue weighted by Gasteiger charge is -2.08. The zero-order valence-corrected chi connectivity index (χ0v) is 15.9. The van der Waals surface area contributed by atoms with Gasteiger partial charge < -0.3 is 4.57 Å². The molecule has 0 bridgehead atoms. The Hall–Kier alpha value is -3.18. The van der Waals surface area contributed by atoms with Gasteiger partial charge in [0.15, 0.2) is 10.6 Å². The fourth-order valence-corrected chi connectivity index (χ4v) is 3.90. The van der Waals surface area contributed by atoms with E-state index in [4.69, 9.17) is 0 Å². The van der Waals surface area contributed by atoms with Crippen LogP contribution in [0.15, 0.2) is 83.7 Å². The first kappa shape index (κ1) is 17.2. The van der Waals surface area contributed by atoms with Crippen LogP contribution in [0.3, 0.4) is 0 Å². The number of aryl methyl sites for hydroxylation is 1. The summed E-state index contributed by atoms with van der Waals surface area (Å²) < 4.78 is 2.17. The minimum atomic E-state index is 0.693. The molecule has 2 heterocycles. The maximum Gasteiger partial charge on any atom is 0.192 e. The van der Waals surface area contributed by atoms with Crippen molar-refractivity contribution in [3.63, 3.8) is 0 Å². The Morgan fingerprint density at radius 2 is 1.78 bits per heavy atom. The number of rotatable bonds is 5. The Morgan fingerprint density at radius 3 is 2.44 bits per heavy atom. The molecule has 4 nitrogen and oxygen atoms in total. The molecule has 4 aromatic rings. The molecule has 0 aliphatic heterocycles. The third-order valence-electron chi connectivity index (χ3n) is 4.30. The van der Waals surface area contributed by atoms with Crippen LogP contribution in [0.4, 0.5) is 5.82 Å². The number of hydrogen-bond donors (Lipinski definition) is 1. The molecule has 2 aromatic carbocycles. The number of allylic oxidation sites excluding steroid dienone is 1. The quantitative estimate of drug-likeness (QED) is 0.473. The highest BCUT2D eigenvalue weighted by Crippen LogP contribution is 2.25. The SMILES string of the molecule is C=CCn1c(-c2ccc(-c3ccccc3)cc2)csc1=Nc1cc(C)[nH]n1. The van der Waals surface area contributed by atoms with Crippen LogP contribution in [0.25, 0.3) is 22.4 Å². The monoisotopic (exact) mass is 372 g/mol. The van der Waals surface area contributed by atoms with E-state index in [9.17, 15) is 0 Å². The smallest absolute Gasteiger partial charge is 0.192 e. The second-order valence-electron chi connectivity index (χ2n) is 6.27. The molecule has 0 atom stereocenters. The van der Waals surface area contributed by atoms with Gasteiger partial charge in [-0.15, -0.1) is 17.9 Å². The van der Waals surface area contributed by atoms with Gasteiger partial charge in [-0.1, -0.05) is 60.7 Å². The summed E-state index contributed by atoms with van der Waals surface area (Å²) in [7, 11) is 0. The second kappa shape index (κ2) is 7.60. The first-order valence-electron chi connectivity index (χ1n) is 8.76. The van der Waals surface area contributed by atoms with E-state index in [1.54, 1.807) is 11.3 Å². The van der Waals surface area contributed by atoms with E-state index in [0.717, 1.165) is 21.8 Å². The predicted molar refractivity (Wildman–Crippen MR) is 112 cm³/mol. The van der Waals surface area contributed by atoms with Crippen LogP contribution < -0.4 is 4.80 Å². The topological polar surface area (TPSA) is 46.0 Å². The van der Waals surface area contributed by atoms with Crippen LogP contribution in [0.5, 0.6) is 0 Å². The number of thiazole rings is 1. The molecule has 0 radical (unpaired) electrons. The molecular weight excluding hydrogens is 352 g/mol. The summed E-state index contributed by atoms with van der Waals surface area (Å²) in [6.45, 7) is 6.56. The van der Waals surface area contributed by atoms with Gasteiger partial charge in [0, 0.05) is 23.7 Å². The Labute approximate surface area is 162 Å². The van der Waals surface area contributed by atoms with Gasteiger partial charge in [0.05, 0.1) is 5.69 Å². The van der Waals surface area contributed by atoms with Gasteiger partial charge in [-0.3, -0.25) is 5.10 Å². The van der Waals surface area contributed by atoms with Gasteiger partial charge >= 0.3 is 0 Å². The average Bonchev–Trinajstić information content (AvgIpc) is 3.30. The highest BCUT2D eigenvalue weighted by Gasteiger charge is 2.08. The summed E-state index contributed by atoms with van der Waals surface area (Å²) in [5, 5.41) is 9.29. The molecule has 0 spiro atoms. The zero-order valence-electron chi connectivity index (χ0n) is 15.1. The number of H-pyrrole nitrogens is 1. The number of nitrogens with zero attached hydrogens (tertiary/aromatic N) is 3. The number of nitrogens with one attached hydrogen (secondary N) is 1. The van der Waals surface area contributed by atoms with Crippen molar-refractivity contribution in [2.45, 2.75) is 13.5 Å². The highest BCUT2D eigenvalue weighted by atomic mass is 32.1. The van der Waals surface area contributed by atoms with Crippen LogP contribution in [0.2, 0.25) is 0 Å². The molecule has 2 aromatic heterocycles. The van der Waals surface area contributed by atoms with E-state index in [-0.39, 0.29) is 0 Å². The normalized spacial score (nSPS) is 11.7. The van der Waals surface area contributed by atoms with Gasteiger partial charge in [-0.05, 0) is 23.6 Å². The molecule has 0 aliphatic rings. The van der Waals surface area contributed by atoms with E-state index in [2.05, 4.69) is 80.2 Å². The molecular formula is C22H20N4S. The number of aromatic amines is 1. The lowest BCUT2D eigenvalue weighted by molar-refractivity contribution is 0.798. The molecule has 0 unspecified atom stereocenters. The molecule has 0 amide bonds. The summed E-state index contributed by atoms with van der Waals surface area (Å²) >= 11 is 1.61. The largest absolute Gasteiger partial charge is 0.313 e. The predicted octanol–water partition coefficient (Wildman–Crippen LogP) is 5.33. The van der Waals surface area contributed by atoms with Crippen molar-refractivity contribution in [3.05, 3.63) is 89.2 Å². The number of hydrogen-bond acceptors (Lipinski definition) is 3. The summed E-state index contributed by atoms with van der Waals surface area (Å²) in [6, 6.07) is 21.0. The number of benzene rings is 2. The second-order valence-corrected chi connectivity index (χ2v) is 7.10. The first-order valence-corrected chi connectivity index (χ1v) is 9.64. The summed E-state index contributed by atoms with van der Waals surface area (Å²) in [5.41, 5.74) is 5.72. The van der Waals surface area contributed by atoms with E-state index in [1.807, 2.05) is 25.1 Å². The minimum Gasteiger partial charge on any atom is -0.313 e. The molecule has 134 valence electrons. The van der Waals surface area contributed by atoms with Gasteiger partial charge in [0.2, 0.25) is 0 Å². The van der Waals surface area contributed by atoms with Gasteiger partial charge in [-0.2, -0.15) is 10.1 Å². The maximum atomic E-state index is 4.68. The van der Waals surface area contributed by atoms with E-state index >= 15 is 0 Å². The molecule has 0 aliphatic carbocycles. The van der Waals surface area contributed by atoms with E-state index < -0.39 is 0 Å². The van der Waals surface area contributed by atoms with E-state index in [1.165, 1.54) is 11.1 Å². The van der Waals surface area contributed by atoms with Crippen LogP contribution in [-0.4, -0.2) is 14.8 Å². The Balaban J connectivity index is 1.73. The number of aromatic nitrogens is 3. The van der Waals surface area contributed by atoms with Gasteiger partial charge in [-0.25, -0.2) is 0 Å². The molecule has 4 rings (SSSR count). The highest BCUT2D eigenvalue weighted by molar-refractivity contribution is 7.07. The summed E-state index contributed by atoms with van der Waals surface area (Å²) in [6.07, 6.45) is 1.89. The minimum absolute atomic E-state index is 0.693. The molecule has 0 fully saturated rings. The van der Waals surface area contributed by atoms with Crippen molar-refractivity contribution in [1.82, 2.24) is 14.8 Å². The lowest BCUT2D eigenvalue weighted by atomic mass is 10.0. The van der Waals surface area contributed by atoms with Crippen molar-refractivity contribution in [3.8, 4) is 22.4 Å². The van der Waals surface area contributed by atoms with Crippen molar-refractivity contribution < 1.29 is 0 Å². The van der Waals surface area contributed by atoms with Gasteiger partial charge in [0.1, 0.15) is 0 Å². The Bertz CT molecular complexity index is 1120. The van der Waals surface area contributed by atoms with Crippen molar-refractivity contribution >= 4 is 17.2 Å². The maximum absolute atomic E-state index is 4.68. The lowest BCUT2D eigenvalue weighted by Crippen LogP contribution is -2.14. The summed E-state index contributed by atoms with van der Waals surface area (Å²) in [5.74, 6) is 0.693. The van der Waals surface area contributed by atoms with Crippen LogP contribution in [0.1, 0.15) is 5.69 Å². The first-order chi connectivity index (χ1) is 13.2. The Morgan fingerprint density at radius 1 is 1.07 bits per heavy atom. The van der Waals surface area contributed by atoms with Crippen LogP contribution >= 0.6 is 11.3 Å². The average molecular weight is 372 g/mol. The molecule has 0 saturated heterocycles. The third kappa shape index (κ3) is 3.68. The fraction of sp³-hybridized carbons (Fsp3) is 0.0909. The summed E-state index contributed by atoms with van der Waals surface area (Å²) in [4.78, 5) is 5.59. The standard InChI is InChI=1S/C22H20N4S/c1-3-13-26-20(15-27-22(26)23-21-14-16(2)24-25-21)19-11-9-18(10-12-19)17-7-5-4-6-8-17/h3-12,14-15H,1,13H2,2H3,(H,24,25). The molecule has 5 heteroatoms. The van der Waals surface area contributed by atoms with Crippen molar-refractivity contribution in [2.24, 2.45) is 4.99 Å². The van der Waals surface area contributed by atoms with Crippen molar-refractivity contribution in [2.75, 3.05) is 0 Å². The third-order valence-corrected chi connectivity index (χ3v) is 5.16. The van der Waals surface area contributed by atoms with Gasteiger partial charge in [0.25, 0.3) is 0 Å². The van der Waals surface area contributed by atoms with E-state index in [0.29, 0.717) is 12.4 Å². The molecule has 1 N–H and O–H groups in total. The van der Waals surface area contributed by atoms with Crippen LogP contribution in [-0.2, 0) is 6.54 Å². The van der Waals surface area contributed by atoms with Crippen molar-refractivity contribution in [1.29, 1.82) is 0 Å². The Kier molecular flexibility index (Phi) is 4.85. The molecule has 0 saturated carbocycles.